The van der Waals surface area contributed by atoms with Gasteiger partial charge in [-0.1, -0.05) is 19.9 Å². The van der Waals surface area contributed by atoms with E-state index in [1.54, 1.807) is 35.2 Å². The zero-order valence-corrected chi connectivity index (χ0v) is 15.1. The average molecular weight is 355 g/mol. The molecule has 2 heterocycles. The van der Waals surface area contributed by atoms with Crippen LogP contribution >= 0.6 is 0 Å². The minimum absolute atomic E-state index is 0.211. The molecule has 3 rings (SSSR count). The Bertz CT molecular complexity index is 898. The van der Waals surface area contributed by atoms with E-state index in [2.05, 4.69) is 24.3 Å². The first kappa shape index (κ1) is 17.9. The molecule has 0 bridgehead atoms. The fraction of sp³-hybridized carbons (Fsp3) is 0.300. The molecular formula is C20H22FN3O2. The van der Waals surface area contributed by atoms with Gasteiger partial charge in [0.1, 0.15) is 11.6 Å². The van der Waals surface area contributed by atoms with Crippen molar-refractivity contribution in [3.63, 3.8) is 0 Å². The van der Waals surface area contributed by atoms with Crippen molar-refractivity contribution in [1.29, 1.82) is 0 Å². The molecule has 0 aliphatic rings. The van der Waals surface area contributed by atoms with Crippen LogP contribution in [0.2, 0.25) is 0 Å². The van der Waals surface area contributed by atoms with Crippen LogP contribution < -0.4 is 5.32 Å². The zero-order chi connectivity index (χ0) is 18.7. The van der Waals surface area contributed by atoms with Crippen LogP contribution in [0.4, 0.5) is 4.39 Å². The second-order valence-electron chi connectivity index (χ2n) is 6.66. The van der Waals surface area contributed by atoms with E-state index in [1.807, 2.05) is 6.92 Å². The second-order valence-corrected chi connectivity index (χ2v) is 6.66. The number of carbonyl (C=O) groups excluding carboxylic acids is 1. The molecule has 1 amide bonds. The Morgan fingerprint density at radius 3 is 2.77 bits per heavy atom. The Labute approximate surface area is 151 Å². The lowest BCUT2D eigenvalue weighted by Gasteiger charge is -2.07. The predicted molar refractivity (Wildman–Crippen MR) is 96.7 cm³/mol. The molecule has 5 nitrogen and oxygen atoms in total. The van der Waals surface area contributed by atoms with Crippen molar-refractivity contribution in [1.82, 2.24) is 15.1 Å². The fourth-order valence-electron chi connectivity index (χ4n) is 2.91. The van der Waals surface area contributed by atoms with Gasteiger partial charge in [0.25, 0.3) is 5.91 Å². The minimum atomic E-state index is -0.341. The van der Waals surface area contributed by atoms with Crippen LogP contribution in [-0.4, -0.2) is 15.7 Å². The van der Waals surface area contributed by atoms with Crippen LogP contribution in [-0.2, 0) is 13.0 Å². The van der Waals surface area contributed by atoms with Crippen LogP contribution in [0, 0.1) is 18.7 Å². The molecule has 0 radical (unpaired) electrons. The molecule has 0 atom stereocenters. The van der Waals surface area contributed by atoms with Crippen LogP contribution in [0.3, 0.4) is 0 Å². The van der Waals surface area contributed by atoms with E-state index in [-0.39, 0.29) is 11.7 Å². The summed E-state index contributed by atoms with van der Waals surface area (Å²) in [7, 11) is 0. The number of rotatable bonds is 6. The van der Waals surface area contributed by atoms with Crippen LogP contribution in [0.5, 0.6) is 0 Å². The summed E-state index contributed by atoms with van der Waals surface area (Å²) in [4.78, 5) is 12.8. The van der Waals surface area contributed by atoms with Crippen LogP contribution in [0.1, 0.15) is 41.4 Å². The van der Waals surface area contributed by atoms with Crippen LogP contribution in [0.15, 0.2) is 47.1 Å². The normalized spacial score (nSPS) is 11.1. The predicted octanol–water partition coefficient (Wildman–Crippen LogP) is 4.04. The summed E-state index contributed by atoms with van der Waals surface area (Å²) in [6, 6.07) is 9.77. The van der Waals surface area contributed by atoms with Crippen LogP contribution in [0.25, 0.3) is 5.69 Å². The highest BCUT2D eigenvalue weighted by atomic mass is 19.1. The fourth-order valence-corrected chi connectivity index (χ4v) is 2.91. The Balaban J connectivity index is 1.95. The number of hydrogen-bond acceptors (Lipinski definition) is 3. The van der Waals surface area contributed by atoms with Gasteiger partial charge in [0, 0.05) is 0 Å². The summed E-state index contributed by atoms with van der Waals surface area (Å²) in [6.07, 6.45) is 2.23. The maximum atomic E-state index is 13.6. The molecule has 0 aliphatic carbocycles. The van der Waals surface area contributed by atoms with E-state index in [4.69, 9.17) is 4.42 Å². The van der Waals surface area contributed by atoms with Gasteiger partial charge < -0.3 is 9.73 Å². The number of nitrogens with zero attached hydrogens (tertiary/aromatic N) is 2. The van der Waals surface area contributed by atoms with Crippen molar-refractivity contribution in [2.45, 2.75) is 33.7 Å². The number of nitrogens with one attached hydrogen (secondary N) is 1. The molecule has 0 aliphatic heterocycles. The van der Waals surface area contributed by atoms with Crippen molar-refractivity contribution in [3.05, 3.63) is 71.2 Å². The second kappa shape index (κ2) is 7.56. The SMILES string of the molecule is Cc1c(C(=O)NCc2ccco2)c(CC(C)C)nn1-c1cccc(F)c1. The maximum Gasteiger partial charge on any atom is 0.255 e. The van der Waals surface area contributed by atoms with E-state index < -0.39 is 0 Å². The van der Waals surface area contributed by atoms with Crippen molar-refractivity contribution in [2.75, 3.05) is 0 Å². The van der Waals surface area contributed by atoms with Gasteiger partial charge in [0.15, 0.2) is 0 Å². The van der Waals surface area contributed by atoms with Gasteiger partial charge in [-0.25, -0.2) is 9.07 Å². The van der Waals surface area contributed by atoms with Gasteiger partial charge in [-0.2, -0.15) is 5.10 Å². The summed E-state index contributed by atoms with van der Waals surface area (Å²) >= 11 is 0. The zero-order valence-electron chi connectivity index (χ0n) is 15.1. The highest BCUT2D eigenvalue weighted by molar-refractivity contribution is 5.96. The monoisotopic (exact) mass is 355 g/mol. The number of benzene rings is 1. The van der Waals surface area contributed by atoms with E-state index in [1.165, 1.54) is 12.1 Å². The minimum Gasteiger partial charge on any atom is -0.467 e. The topological polar surface area (TPSA) is 60.1 Å². The van der Waals surface area contributed by atoms with Crippen molar-refractivity contribution in [2.24, 2.45) is 5.92 Å². The van der Waals surface area contributed by atoms with Crippen molar-refractivity contribution >= 4 is 5.91 Å². The number of hydrogen-bond donors (Lipinski definition) is 1. The van der Waals surface area contributed by atoms with Gasteiger partial charge >= 0.3 is 0 Å². The summed E-state index contributed by atoms with van der Waals surface area (Å²) < 4.78 is 20.5. The lowest BCUT2D eigenvalue weighted by atomic mass is 10.0. The summed E-state index contributed by atoms with van der Waals surface area (Å²) in [6.45, 7) is 6.27. The standard InChI is InChI=1S/C20H22FN3O2/c1-13(2)10-18-19(20(25)22-12-17-8-5-9-26-17)14(3)24(23-18)16-7-4-6-15(21)11-16/h4-9,11,13H,10,12H2,1-3H3,(H,22,25). The number of amides is 1. The molecule has 1 N–H and O–H groups in total. The molecule has 0 saturated carbocycles. The first-order valence-electron chi connectivity index (χ1n) is 8.60. The Morgan fingerprint density at radius 2 is 2.12 bits per heavy atom. The summed E-state index contributed by atoms with van der Waals surface area (Å²) in [5.74, 6) is 0.463. The summed E-state index contributed by atoms with van der Waals surface area (Å²) in [5.41, 5.74) is 2.52. The smallest absolute Gasteiger partial charge is 0.255 e. The van der Waals surface area contributed by atoms with Crippen molar-refractivity contribution < 1.29 is 13.6 Å². The average Bonchev–Trinajstić information content (AvgIpc) is 3.20. The molecule has 0 spiro atoms. The summed E-state index contributed by atoms with van der Waals surface area (Å²) in [5, 5.41) is 7.46. The molecule has 136 valence electrons. The van der Waals surface area contributed by atoms with E-state index >= 15 is 0 Å². The Hall–Kier alpha value is -2.89. The van der Waals surface area contributed by atoms with Crippen molar-refractivity contribution in [3.8, 4) is 5.69 Å². The highest BCUT2D eigenvalue weighted by Crippen LogP contribution is 2.21. The Kier molecular flexibility index (Phi) is 5.21. The number of halogens is 1. The molecule has 6 heteroatoms. The third-order valence-electron chi connectivity index (χ3n) is 4.07. The molecule has 1 aromatic carbocycles. The van der Waals surface area contributed by atoms with Gasteiger partial charge in [0.05, 0.1) is 35.4 Å². The first-order valence-corrected chi connectivity index (χ1v) is 8.60. The quantitative estimate of drug-likeness (QED) is 0.726. The number of aromatic nitrogens is 2. The number of carbonyl (C=O) groups is 1. The third kappa shape index (κ3) is 3.85. The van der Waals surface area contributed by atoms with Gasteiger partial charge in [-0.05, 0) is 49.6 Å². The largest absolute Gasteiger partial charge is 0.467 e. The lowest BCUT2D eigenvalue weighted by molar-refractivity contribution is 0.0946. The number of furan rings is 1. The molecule has 0 unspecified atom stereocenters. The van der Waals surface area contributed by atoms with E-state index in [0.29, 0.717) is 47.3 Å². The molecular weight excluding hydrogens is 333 g/mol. The lowest BCUT2D eigenvalue weighted by Crippen LogP contribution is -2.24. The van der Waals surface area contributed by atoms with Gasteiger partial charge in [0.2, 0.25) is 0 Å². The third-order valence-corrected chi connectivity index (χ3v) is 4.07. The molecule has 26 heavy (non-hydrogen) atoms. The molecule has 0 saturated heterocycles. The molecule has 2 aromatic heterocycles. The first-order chi connectivity index (χ1) is 12.5. The van der Waals surface area contributed by atoms with Gasteiger partial charge in [-0.15, -0.1) is 0 Å². The van der Waals surface area contributed by atoms with Gasteiger partial charge in [-0.3, -0.25) is 4.79 Å². The highest BCUT2D eigenvalue weighted by Gasteiger charge is 2.22. The molecule has 3 aromatic rings. The molecule has 0 fully saturated rings. The van der Waals surface area contributed by atoms with E-state index in [9.17, 15) is 9.18 Å². The Morgan fingerprint density at radius 1 is 1.31 bits per heavy atom. The van der Waals surface area contributed by atoms with E-state index in [0.717, 1.165) is 0 Å². The maximum absolute atomic E-state index is 13.6.